The van der Waals surface area contributed by atoms with Gasteiger partial charge in [-0.25, -0.2) is 9.18 Å². The highest BCUT2D eigenvalue weighted by Crippen LogP contribution is 2.40. The summed E-state index contributed by atoms with van der Waals surface area (Å²) in [6, 6.07) is 9.57. The Hall–Kier alpha value is -3.11. The van der Waals surface area contributed by atoms with Crippen LogP contribution in [0.1, 0.15) is 16.7 Å². The number of fused-ring (bicyclic) bond motifs is 1. The Morgan fingerprint density at radius 1 is 1.28 bits per heavy atom. The van der Waals surface area contributed by atoms with Gasteiger partial charge in [-0.3, -0.25) is 0 Å². The van der Waals surface area contributed by atoms with Gasteiger partial charge in [-0.05, 0) is 42.5 Å². The van der Waals surface area contributed by atoms with Crippen molar-refractivity contribution in [3.05, 3.63) is 63.7 Å². The van der Waals surface area contributed by atoms with Crippen LogP contribution >= 0.6 is 11.6 Å². The molecule has 3 rings (SSSR count). The average Bonchev–Trinajstić information content (AvgIpc) is 2.71. The molecule has 1 heterocycles. The topological polar surface area (TPSA) is 55.8 Å². The maximum atomic E-state index is 14.0. The van der Waals surface area contributed by atoms with Crippen LogP contribution in [0.2, 0.25) is 5.02 Å². The Kier molecular flexibility index (Phi) is 5.76. The molecule has 0 bridgehead atoms. The van der Waals surface area contributed by atoms with E-state index in [0.717, 1.165) is 6.08 Å². The molecule has 0 aliphatic carbocycles. The fraction of sp³-hybridized carbons (Fsp3) is 0.190. The van der Waals surface area contributed by atoms with E-state index in [1.165, 1.54) is 19.2 Å². The second-order valence-corrected chi connectivity index (χ2v) is 6.58. The molecular formula is C21H14ClF3O4. The third-order valence-electron chi connectivity index (χ3n) is 4.15. The van der Waals surface area contributed by atoms with Crippen molar-refractivity contribution in [2.24, 2.45) is 0 Å². The van der Waals surface area contributed by atoms with Crippen LogP contribution in [0.5, 0.6) is 11.5 Å². The van der Waals surface area contributed by atoms with Crippen molar-refractivity contribution in [2.75, 3.05) is 13.8 Å². The lowest BCUT2D eigenvalue weighted by molar-refractivity contribution is -0.139. The van der Waals surface area contributed by atoms with Gasteiger partial charge in [0.2, 0.25) is 0 Å². The van der Waals surface area contributed by atoms with Crippen molar-refractivity contribution in [1.29, 1.82) is 0 Å². The number of carboxylic acid groups (broad SMARTS) is 1. The van der Waals surface area contributed by atoms with Gasteiger partial charge in [-0.1, -0.05) is 23.4 Å². The first-order valence-corrected chi connectivity index (χ1v) is 8.68. The largest absolute Gasteiger partial charge is 0.497 e. The molecule has 0 saturated carbocycles. The minimum atomic E-state index is -4.03. The highest BCUT2D eigenvalue weighted by Gasteiger charge is 2.48. The molecule has 0 amide bonds. The molecule has 8 heteroatoms. The number of alkyl halides is 3. The Balaban J connectivity index is 2.08. The summed E-state index contributed by atoms with van der Waals surface area (Å²) in [6.45, 7) is -2.07. The lowest BCUT2D eigenvalue weighted by Gasteiger charge is -2.30. The summed E-state index contributed by atoms with van der Waals surface area (Å²) >= 11 is 6.06. The molecule has 29 heavy (non-hydrogen) atoms. The van der Waals surface area contributed by atoms with Gasteiger partial charge in [-0.15, -0.1) is 0 Å². The first-order valence-electron chi connectivity index (χ1n) is 8.30. The molecule has 2 aromatic rings. The quantitative estimate of drug-likeness (QED) is 0.733. The van der Waals surface area contributed by atoms with Gasteiger partial charge in [0.1, 0.15) is 11.5 Å². The minimum Gasteiger partial charge on any atom is -0.497 e. The third-order valence-corrected chi connectivity index (χ3v) is 4.37. The maximum absolute atomic E-state index is 14.0. The van der Waals surface area contributed by atoms with Crippen molar-refractivity contribution in [1.82, 2.24) is 0 Å². The summed E-state index contributed by atoms with van der Waals surface area (Å²) in [5, 5.41) is 9.46. The van der Waals surface area contributed by atoms with Gasteiger partial charge in [0.15, 0.2) is 12.8 Å². The van der Waals surface area contributed by atoms with E-state index in [0.29, 0.717) is 11.3 Å². The summed E-state index contributed by atoms with van der Waals surface area (Å²) in [5.74, 6) is 0.525. The first-order chi connectivity index (χ1) is 13.7. The summed E-state index contributed by atoms with van der Waals surface area (Å²) in [7, 11) is 1.53. The van der Waals surface area contributed by atoms with E-state index in [1.54, 1.807) is 24.3 Å². The molecule has 1 aliphatic rings. The molecule has 0 saturated heterocycles. The number of hydrogen-bond acceptors (Lipinski definition) is 3. The molecule has 0 fully saturated rings. The van der Waals surface area contributed by atoms with E-state index in [1.807, 2.05) is 0 Å². The molecule has 0 spiro atoms. The molecule has 4 nitrogen and oxygen atoms in total. The number of rotatable bonds is 4. The smallest absolute Gasteiger partial charge is 0.335 e. The Bertz CT molecular complexity index is 1040. The molecule has 1 atom stereocenters. The Morgan fingerprint density at radius 3 is 2.55 bits per heavy atom. The normalized spacial score (nSPS) is 15.3. The Labute approximate surface area is 169 Å². The van der Waals surface area contributed by atoms with Crippen molar-refractivity contribution in [2.45, 2.75) is 12.0 Å². The zero-order valence-electron chi connectivity index (χ0n) is 15.0. The fourth-order valence-electron chi connectivity index (χ4n) is 2.74. The SMILES string of the molecule is COc1ccc(C#Cc2cc(Cl)cc3c2OC(C(F)(F)CF)C(C(=O)O)=C3)cc1. The highest BCUT2D eigenvalue weighted by atomic mass is 35.5. The van der Waals surface area contributed by atoms with Gasteiger partial charge >= 0.3 is 11.9 Å². The maximum Gasteiger partial charge on any atom is 0.335 e. The van der Waals surface area contributed by atoms with Gasteiger partial charge in [0.25, 0.3) is 0 Å². The predicted octanol–water partition coefficient (Wildman–Crippen LogP) is 4.58. The molecule has 0 radical (unpaired) electrons. The van der Waals surface area contributed by atoms with E-state index in [4.69, 9.17) is 21.1 Å². The molecule has 2 aromatic carbocycles. The third kappa shape index (κ3) is 4.33. The molecule has 150 valence electrons. The summed E-state index contributed by atoms with van der Waals surface area (Å²) in [6.07, 6.45) is -1.29. The number of aliphatic carboxylic acids is 1. The van der Waals surface area contributed by atoms with Crippen LogP contribution in [0.4, 0.5) is 13.2 Å². The van der Waals surface area contributed by atoms with Crippen LogP contribution in [-0.4, -0.2) is 36.9 Å². The summed E-state index contributed by atoms with van der Waals surface area (Å²) < 4.78 is 51.2. The zero-order valence-corrected chi connectivity index (χ0v) is 15.8. The summed E-state index contributed by atoms with van der Waals surface area (Å²) in [5.41, 5.74) is 0.183. The van der Waals surface area contributed by atoms with Crippen LogP contribution in [0, 0.1) is 11.8 Å². The number of benzene rings is 2. The number of carbonyl (C=O) groups is 1. The zero-order chi connectivity index (χ0) is 21.2. The number of ether oxygens (including phenoxy) is 2. The van der Waals surface area contributed by atoms with Crippen molar-refractivity contribution in [3.63, 3.8) is 0 Å². The van der Waals surface area contributed by atoms with Crippen LogP contribution in [-0.2, 0) is 4.79 Å². The van der Waals surface area contributed by atoms with Gasteiger partial charge < -0.3 is 14.6 Å². The lowest BCUT2D eigenvalue weighted by Crippen LogP contribution is -2.44. The van der Waals surface area contributed by atoms with E-state index in [2.05, 4.69) is 11.8 Å². The van der Waals surface area contributed by atoms with Crippen LogP contribution < -0.4 is 9.47 Å². The average molecular weight is 423 g/mol. The predicted molar refractivity (Wildman–Crippen MR) is 101 cm³/mol. The number of methoxy groups -OCH3 is 1. The van der Waals surface area contributed by atoms with Crippen LogP contribution in [0.15, 0.2) is 42.0 Å². The molecule has 1 unspecified atom stereocenters. The van der Waals surface area contributed by atoms with E-state index in [9.17, 15) is 23.1 Å². The first kappa shape index (κ1) is 20.6. The van der Waals surface area contributed by atoms with E-state index >= 15 is 0 Å². The van der Waals surface area contributed by atoms with E-state index in [-0.39, 0.29) is 21.9 Å². The Morgan fingerprint density at radius 2 is 1.97 bits per heavy atom. The van der Waals surface area contributed by atoms with Crippen molar-refractivity contribution < 1.29 is 32.5 Å². The molecule has 1 aliphatic heterocycles. The second kappa shape index (κ2) is 8.10. The highest BCUT2D eigenvalue weighted by molar-refractivity contribution is 6.31. The number of hydrogen-bond donors (Lipinski definition) is 1. The van der Waals surface area contributed by atoms with Crippen LogP contribution in [0.25, 0.3) is 6.08 Å². The number of halogens is 4. The van der Waals surface area contributed by atoms with E-state index < -0.39 is 30.2 Å². The van der Waals surface area contributed by atoms with Gasteiger partial charge in [0, 0.05) is 16.1 Å². The molecule has 0 aromatic heterocycles. The molecular weight excluding hydrogens is 409 g/mol. The molecule has 1 N–H and O–H groups in total. The standard InChI is InChI=1S/C21H14ClF3O4/c1-28-16-6-3-12(4-7-16)2-5-13-8-15(22)9-14-10-17(20(26)27)19(29-18(13)14)21(24,25)11-23/h3-4,6-10,19H,11H2,1H3,(H,26,27). The van der Waals surface area contributed by atoms with Gasteiger partial charge in [0.05, 0.1) is 18.2 Å². The van der Waals surface area contributed by atoms with Crippen molar-refractivity contribution >= 4 is 23.6 Å². The number of carboxylic acids is 1. The summed E-state index contributed by atoms with van der Waals surface area (Å²) in [4.78, 5) is 11.4. The fourth-order valence-corrected chi connectivity index (χ4v) is 2.97. The van der Waals surface area contributed by atoms with Gasteiger partial charge in [-0.2, -0.15) is 8.78 Å². The second-order valence-electron chi connectivity index (χ2n) is 6.15. The lowest BCUT2D eigenvalue weighted by atomic mass is 9.96. The minimum absolute atomic E-state index is 0.0847. The van der Waals surface area contributed by atoms with Crippen molar-refractivity contribution in [3.8, 4) is 23.3 Å². The van der Waals surface area contributed by atoms with Crippen LogP contribution in [0.3, 0.4) is 0 Å². The monoisotopic (exact) mass is 422 g/mol.